The number of ether oxygens (including phenoxy) is 1. The van der Waals surface area contributed by atoms with Crippen LogP contribution in [0, 0.1) is 0 Å². The number of phenols is 1. The number of likely N-dealkylation sites (N-methyl/N-ethyl adjacent to an activating group) is 1. The second-order valence-corrected chi connectivity index (χ2v) is 12.6. The van der Waals surface area contributed by atoms with Crippen LogP contribution in [0.3, 0.4) is 0 Å². The van der Waals surface area contributed by atoms with Crippen molar-refractivity contribution in [3.8, 4) is 11.5 Å². The molecule has 0 aliphatic carbocycles. The van der Waals surface area contributed by atoms with E-state index in [1.165, 1.54) is 29.3 Å². The van der Waals surface area contributed by atoms with Crippen molar-refractivity contribution >= 4 is 35.7 Å². The number of carbonyl (C=O) groups excluding carboxylic acids is 6. The van der Waals surface area contributed by atoms with Crippen LogP contribution in [0.4, 0.5) is 0 Å². The summed E-state index contributed by atoms with van der Waals surface area (Å²) in [5.41, 5.74) is 9.85. The number of hydrogen-bond acceptors (Lipinski definition) is 13. The van der Waals surface area contributed by atoms with Gasteiger partial charge in [0.15, 0.2) is 11.5 Å². The van der Waals surface area contributed by atoms with Gasteiger partial charge in [-0.1, -0.05) is 24.3 Å². The van der Waals surface area contributed by atoms with E-state index in [-0.39, 0.29) is 49.2 Å². The summed E-state index contributed by atoms with van der Waals surface area (Å²) >= 11 is 0. The summed E-state index contributed by atoms with van der Waals surface area (Å²) in [6.07, 6.45) is 4.64. The number of rotatable bonds is 12. The summed E-state index contributed by atoms with van der Waals surface area (Å²) in [6.45, 7) is 3.82. The summed E-state index contributed by atoms with van der Waals surface area (Å²) in [5, 5.41) is 27.8. The van der Waals surface area contributed by atoms with Crippen molar-refractivity contribution in [3.63, 3.8) is 0 Å². The van der Waals surface area contributed by atoms with Gasteiger partial charge in [0.2, 0.25) is 23.5 Å². The Morgan fingerprint density at radius 3 is 2.49 bits per heavy atom. The number of ketones is 1. The van der Waals surface area contributed by atoms with Gasteiger partial charge in [-0.2, -0.15) is 0 Å². The molecule has 3 aliphatic heterocycles. The maximum atomic E-state index is 12.4. The van der Waals surface area contributed by atoms with Crippen molar-refractivity contribution in [2.75, 3.05) is 33.9 Å². The zero-order chi connectivity index (χ0) is 39.1. The number of aromatic hydroxyl groups is 1. The topological polar surface area (TPSA) is 250 Å². The number of nitrogens with one attached hydrogen (secondary N) is 3. The third kappa shape index (κ3) is 12.3. The van der Waals surface area contributed by atoms with E-state index < -0.39 is 17.7 Å². The molecule has 0 saturated carbocycles. The number of carbonyl (C=O) groups is 6. The van der Waals surface area contributed by atoms with E-state index in [1.54, 1.807) is 31.0 Å². The molecule has 288 valence electrons. The van der Waals surface area contributed by atoms with E-state index in [4.69, 9.17) is 21.4 Å². The number of benzene rings is 2. The molecular weight excluding hydrogens is 688 g/mol. The smallest absolute Gasteiger partial charge is 0.289 e. The van der Waals surface area contributed by atoms with E-state index in [0.717, 1.165) is 23.0 Å². The SMILES string of the molecule is CC(=O)N1Cc2cccc(CN(N)/C=C(\N)CO)c2C1.CNCC(=O)N1CCCC1C(=O)C(=O)NCc1ccc(OC)c(O)c1.O=CC1CCC(=O)N1. The highest BCUT2D eigenvalue weighted by Gasteiger charge is 2.36. The highest BCUT2D eigenvalue weighted by molar-refractivity contribution is 6.38. The maximum Gasteiger partial charge on any atom is 0.289 e. The van der Waals surface area contributed by atoms with Gasteiger partial charge in [-0.3, -0.25) is 24.0 Å². The van der Waals surface area contributed by atoms with Gasteiger partial charge in [-0.25, -0.2) is 5.84 Å². The van der Waals surface area contributed by atoms with Crippen molar-refractivity contribution < 1.29 is 43.7 Å². The second-order valence-electron chi connectivity index (χ2n) is 12.6. The van der Waals surface area contributed by atoms with Gasteiger partial charge < -0.3 is 56.2 Å². The molecule has 2 atom stereocenters. The number of methoxy groups -OCH3 is 1. The molecule has 3 heterocycles. The van der Waals surface area contributed by atoms with Crippen LogP contribution in [-0.2, 0) is 54.9 Å². The number of nitrogens with two attached hydrogens (primary N) is 2. The molecule has 17 nitrogen and oxygen atoms in total. The first-order valence-electron chi connectivity index (χ1n) is 17.1. The summed E-state index contributed by atoms with van der Waals surface area (Å²) < 4.78 is 4.95. The van der Waals surface area contributed by atoms with Crippen LogP contribution in [0.1, 0.15) is 54.9 Å². The summed E-state index contributed by atoms with van der Waals surface area (Å²) in [4.78, 5) is 71.5. The number of aliphatic hydroxyl groups excluding tert-OH is 1. The number of phenolic OH excluding ortho intramolecular Hbond substituents is 1. The first kappa shape index (κ1) is 41.9. The molecule has 0 spiro atoms. The van der Waals surface area contributed by atoms with E-state index >= 15 is 0 Å². The van der Waals surface area contributed by atoms with Crippen molar-refractivity contribution in [1.29, 1.82) is 0 Å². The minimum absolute atomic E-state index is 0.0119. The van der Waals surface area contributed by atoms with Crippen LogP contribution in [0.2, 0.25) is 0 Å². The van der Waals surface area contributed by atoms with Gasteiger partial charge in [0.1, 0.15) is 12.3 Å². The molecule has 2 aromatic rings. The predicted octanol–water partition coefficient (Wildman–Crippen LogP) is -0.723. The third-order valence-electron chi connectivity index (χ3n) is 8.71. The lowest BCUT2D eigenvalue weighted by molar-refractivity contribution is -0.144. The first-order chi connectivity index (χ1) is 25.3. The number of Topliss-reactive ketones (excluding diaryl/α,β-unsaturated/α-hetero) is 1. The van der Waals surface area contributed by atoms with Crippen molar-refractivity contribution in [1.82, 2.24) is 30.8 Å². The minimum atomic E-state index is -0.732. The Balaban J connectivity index is 0.000000240. The third-order valence-corrected chi connectivity index (χ3v) is 8.71. The van der Waals surface area contributed by atoms with Crippen molar-refractivity contribution in [3.05, 3.63) is 70.5 Å². The highest BCUT2D eigenvalue weighted by atomic mass is 16.5. The fraction of sp³-hybridized carbons (Fsp3) is 0.444. The number of aldehydes is 1. The molecule has 0 bridgehead atoms. The van der Waals surface area contributed by atoms with Gasteiger partial charge in [-0.05, 0) is 60.7 Å². The Morgan fingerprint density at radius 2 is 1.91 bits per heavy atom. The zero-order valence-corrected chi connectivity index (χ0v) is 30.3. The molecule has 2 fully saturated rings. The van der Waals surface area contributed by atoms with Gasteiger partial charge in [0, 0.05) is 45.7 Å². The van der Waals surface area contributed by atoms with Crippen molar-refractivity contribution in [2.24, 2.45) is 11.6 Å². The Labute approximate surface area is 308 Å². The molecule has 2 aromatic carbocycles. The normalized spacial score (nSPS) is 17.4. The van der Waals surface area contributed by atoms with Crippen LogP contribution >= 0.6 is 0 Å². The number of nitrogens with zero attached hydrogens (tertiary/aromatic N) is 3. The van der Waals surface area contributed by atoms with Gasteiger partial charge in [0.05, 0.1) is 38.5 Å². The van der Waals surface area contributed by atoms with E-state index in [2.05, 4.69) is 16.0 Å². The largest absolute Gasteiger partial charge is 0.504 e. The molecular formula is C36H50N8O9. The van der Waals surface area contributed by atoms with E-state index in [0.29, 0.717) is 68.9 Å². The number of fused-ring (bicyclic) bond motifs is 1. The van der Waals surface area contributed by atoms with Crippen LogP contribution < -0.4 is 32.3 Å². The lowest BCUT2D eigenvalue weighted by atomic mass is 10.0. The fourth-order valence-electron chi connectivity index (χ4n) is 5.96. The van der Waals surface area contributed by atoms with E-state index in [9.17, 15) is 33.9 Å². The molecule has 9 N–H and O–H groups in total. The van der Waals surface area contributed by atoms with Crippen molar-refractivity contribution in [2.45, 2.75) is 70.9 Å². The summed E-state index contributed by atoms with van der Waals surface area (Å²) in [6, 6.07) is 9.79. The number of hydrazine groups is 1. The lowest BCUT2D eigenvalue weighted by Crippen LogP contribution is -2.48. The van der Waals surface area contributed by atoms with Crippen LogP contribution in [0.15, 0.2) is 48.3 Å². The Kier molecular flexibility index (Phi) is 16.2. The minimum Gasteiger partial charge on any atom is -0.504 e. The van der Waals surface area contributed by atoms with Gasteiger partial charge in [-0.15, -0.1) is 0 Å². The summed E-state index contributed by atoms with van der Waals surface area (Å²) in [5.74, 6) is 4.67. The monoisotopic (exact) mass is 738 g/mol. The fourth-order valence-corrected chi connectivity index (χ4v) is 5.96. The Morgan fingerprint density at radius 1 is 1.15 bits per heavy atom. The second kappa shape index (κ2) is 20.5. The number of amides is 4. The zero-order valence-electron chi connectivity index (χ0n) is 30.3. The van der Waals surface area contributed by atoms with Gasteiger partial charge >= 0.3 is 0 Å². The number of likely N-dealkylation sites (tertiary alicyclic amines) is 1. The standard InChI is InChI=1S/C17H23N3O5.C14H20N4O2.C5H7NO2/c1-18-10-15(22)20-7-3-4-12(20)16(23)17(24)19-9-11-5-6-14(25-2)13(21)8-11;1-10(20)17-5-11-3-2-4-12(14(11)8-17)6-18(16)7-13(15)9-19;7-3-4-1-2-5(8)6-4/h5-6,8,12,18,21H,3-4,7,9-10H2,1-2H3,(H,19,24);2-4,7,19H,5-6,8-9,15-16H2,1H3;3-4H,1-2H2,(H,6,8)/b;13-7-;. The maximum absolute atomic E-state index is 12.4. The lowest BCUT2D eigenvalue weighted by Gasteiger charge is -2.23. The first-order valence-corrected chi connectivity index (χ1v) is 17.1. The molecule has 4 amide bonds. The predicted molar refractivity (Wildman–Crippen MR) is 193 cm³/mol. The van der Waals surface area contributed by atoms with Crippen LogP contribution in [-0.4, -0.2) is 107 Å². The molecule has 17 heteroatoms. The quantitative estimate of drug-likeness (QED) is 0.0616. The number of aliphatic hydroxyl groups is 1. The molecule has 5 rings (SSSR count). The molecule has 3 aliphatic rings. The Bertz CT molecular complexity index is 1670. The highest BCUT2D eigenvalue weighted by Crippen LogP contribution is 2.27. The molecule has 2 unspecified atom stereocenters. The van der Waals surface area contributed by atoms with Crippen LogP contribution in [0.25, 0.3) is 0 Å². The molecule has 0 aromatic heterocycles. The number of hydrogen-bond donors (Lipinski definition) is 7. The average Bonchev–Trinajstić information content (AvgIpc) is 3.91. The molecule has 53 heavy (non-hydrogen) atoms. The molecule has 0 radical (unpaired) electrons. The Hall–Kier alpha value is -5.52. The summed E-state index contributed by atoms with van der Waals surface area (Å²) in [7, 11) is 3.10. The molecule has 2 saturated heterocycles. The van der Waals surface area contributed by atoms with E-state index in [1.807, 2.05) is 18.2 Å². The average molecular weight is 739 g/mol. The van der Waals surface area contributed by atoms with Crippen LogP contribution in [0.5, 0.6) is 11.5 Å². The van der Waals surface area contributed by atoms with Gasteiger partial charge in [0.25, 0.3) is 5.91 Å².